The van der Waals surface area contributed by atoms with Gasteiger partial charge in [-0.05, 0) is 66.0 Å². The van der Waals surface area contributed by atoms with Gasteiger partial charge in [-0.25, -0.2) is 8.42 Å². The van der Waals surface area contributed by atoms with Crippen molar-refractivity contribution in [2.45, 2.75) is 25.8 Å². The van der Waals surface area contributed by atoms with Crippen molar-refractivity contribution >= 4 is 31.8 Å². The molecule has 8 heteroatoms. The van der Waals surface area contributed by atoms with E-state index < -0.39 is 26.8 Å². The monoisotopic (exact) mass is 538 g/mol. The molecule has 0 aliphatic rings. The highest BCUT2D eigenvalue weighted by atomic mass is 32.2. The fourth-order valence-electron chi connectivity index (χ4n) is 3.69. The van der Waals surface area contributed by atoms with Crippen LogP contribution in [0.15, 0.2) is 147 Å². The fraction of sp³-hybridized carbons (Fsp3) is 0.0345. The predicted molar refractivity (Wildman–Crippen MR) is 138 cm³/mol. The maximum absolute atomic E-state index is 12.0. The Morgan fingerprint density at radius 2 is 1.08 bits per heavy atom. The highest BCUT2D eigenvalue weighted by Gasteiger charge is 2.31. The quantitative estimate of drug-likeness (QED) is 0.175. The largest absolute Gasteiger partial charge is 0.744 e. The van der Waals surface area contributed by atoms with Gasteiger partial charge in [0.25, 0.3) is 0 Å². The van der Waals surface area contributed by atoms with E-state index in [2.05, 4.69) is 103 Å². The first-order valence-corrected chi connectivity index (χ1v) is 13.7. The van der Waals surface area contributed by atoms with E-state index in [1.807, 2.05) is 0 Å². The standard InChI is InChI=1S/C22H17S.C7H5F3O3S/c1-3-12-19(13-4-1)23(20-14-5-2-6-15-20)22-17-9-11-18-10-7-8-16-21(18)22;8-7(9,10)5-1-3-6(4-2-5)14(11,12)13/h1-17H;1-4H,(H,11,12,13)/q+1;/p-1. The molecule has 188 valence electrons. The smallest absolute Gasteiger partial charge is 0.416 e. The molecule has 0 atom stereocenters. The van der Waals surface area contributed by atoms with E-state index in [9.17, 15) is 26.1 Å². The molecule has 5 aromatic carbocycles. The second-order valence-electron chi connectivity index (χ2n) is 7.89. The van der Waals surface area contributed by atoms with Gasteiger partial charge in [0.1, 0.15) is 10.1 Å². The van der Waals surface area contributed by atoms with Crippen molar-refractivity contribution in [2.75, 3.05) is 0 Å². The zero-order valence-corrected chi connectivity index (χ0v) is 20.9. The van der Waals surface area contributed by atoms with Crippen LogP contribution < -0.4 is 0 Å². The molecule has 5 aromatic rings. The summed E-state index contributed by atoms with van der Waals surface area (Å²) in [4.78, 5) is 3.43. The average molecular weight is 539 g/mol. The number of rotatable bonds is 4. The van der Waals surface area contributed by atoms with E-state index >= 15 is 0 Å². The van der Waals surface area contributed by atoms with E-state index in [-0.39, 0.29) is 10.9 Å². The van der Waals surface area contributed by atoms with E-state index in [1.165, 1.54) is 25.5 Å². The molecule has 0 amide bonds. The number of alkyl halides is 3. The molecule has 0 N–H and O–H groups in total. The molecule has 0 saturated heterocycles. The van der Waals surface area contributed by atoms with E-state index in [1.54, 1.807) is 0 Å². The third-order valence-corrected chi connectivity index (χ3v) is 8.53. The third-order valence-electron chi connectivity index (χ3n) is 5.40. The van der Waals surface area contributed by atoms with Crippen LogP contribution in [0.25, 0.3) is 10.8 Å². The summed E-state index contributed by atoms with van der Waals surface area (Å²) in [5, 5.41) is 2.64. The van der Waals surface area contributed by atoms with Gasteiger partial charge >= 0.3 is 6.18 Å². The van der Waals surface area contributed by atoms with Crippen LogP contribution in [0.5, 0.6) is 0 Å². The third kappa shape index (κ3) is 6.60. The van der Waals surface area contributed by atoms with Crippen molar-refractivity contribution in [2.24, 2.45) is 0 Å². The van der Waals surface area contributed by atoms with Crippen LogP contribution in [0.3, 0.4) is 0 Å². The summed E-state index contributed by atoms with van der Waals surface area (Å²) in [5.74, 6) is 0. The Kier molecular flexibility index (Phi) is 8.02. The Morgan fingerprint density at radius 1 is 0.595 bits per heavy atom. The van der Waals surface area contributed by atoms with E-state index in [4.69, 9.17) is 0 Å². The van der Waals surface area contributed by atoms with Crippen LogP contribution in [0.2, 0.25) is 0 Å². The van der Waals surface area contributed by atoms with Gasteiger partial charge in [-0.3, -0.25) is 0 Å². The molecule has 0 fully saturated rings. The van der Waals surface area contributed by atoms with Crippen molar-refractivity contribution in [3.63, 3.8) is 0 Å². The molecule has 0 saturated carbocycles. The lowest BCUT2D eigenvalue weighted by Crippen LogP contribution is -2.05. The summed E-state index contributed by atoms with van der Waals surface area (Å²) in [6.07, 6.45) is -4.54. The van der Waals surface area contributed by atoms with Gasteiger partial charge in [-0.2, -0.15) is 13.2 Å². The van der Waals surface area contributed by atoms with Gasteiger partial charge in [0.05, 0.1) is 21.4 Å². The molecule has 0 unspecified atom stereocenters. The molecule has 0 heterocycles. The lowest BCUT2D eigenvalue weighted by atomic mass is 10.1. The predicted octanol–water partition coefficient (Wildman–Crippen LogP) is 7.54. The Bertz CT molecular complexity index is 1530. The Balaban J connectivity index is 0.000000197. The number of hydrogen-bond donors (Lipinski definition) is 0. The van der Waals surface area contributed by atoms with Crippen LogP contribution in [0.1, 0.15) is 5.56 Å². The van der Waals surface area contributed by atoms with Crippen molar-refractivity contribution in [1.29, 1.82) is 0 Å². The molecular weight excluding hydrogens is 517 g/mol. The second kappa shape index (κ2) is 11.2. The van der Waals surface area contributed by atoms with Crippen molar-refractivity contribution in [3.8, 4) is 0 Å². The minimum Gasteiger partial charge on any atom is -0.744 e. The van der Waals surface area contributed by atoms with Gasteiger partial charge in [0.2, 0.25) is 0 Å². The molecular formula is C29H21F3O3S2. The van der Waals surface area contributed by atoms with Crippen LogP contribution in [-0.2, 0) is 27.2 Å². The average Bonchev–Trinajstić information content (AvgIpc) is 2.90. The second-order valence-corrected chi connectivity index (χ2v) is 11.3. The van der Waals surface area contributed by atoms with E-state index in [0.29, 0.717) is 24.3 Å². The Labute approximate surface area is 216 Å². The molecule has 3 nitrogen and oxygen atoms in total. The lowest BCUT2D eigenvalue weighted by Gasteiger charge is -2.10. The first kappa shape index (κ1) is 26.5. The SMILES string of the molecule is O=S(=O)([O-])c1ccc(C(F)(F)F)cc1.c1ccc([S+](c2ccccc2)c2cccc3ccccc23)cc1. The molecule has 0 aromatic heterocycles. The lowest BCUT2D eigenvalue weighted by molar-refractivity contribution is -0.137. The van der Waals surface area contributed by atoms with Gasteiger partial charge < -0.3 is 4.55 Å². The van der Waals surface area contributed by atoms with Gasteiger partial charge in [0.15, 0.2) is 14.7 Å². The number of hydrogen-bond acceptors (Lipinski definition) is 3. The molecule has 0 radical (unpaired) electrons. The fourth-order valence-corrected chi connectivity index (χ4v) is 6.42. The van der Waals surface area contributed by atoms with Crippen molar-refractivity contribution in [3.05, 3.63) is 133 Å². The first-order valence-electron chi connectivity index (χ1n) is 11.1. The highest BCUT2D eigenvalue weighted by molar-refractivity contribution is 7.97. The maximum Gasteiger partial charge on any atom is 0.416 e. The molecule has 5 rings (SSSR count). The summed E-state index contributed by atoms with van der Waals surface area (Å²) in [6.45, 7) is 0. The minimum atomic E-state index is -4.68. The normalized spacial score (nSPS) is 11.7. The van der Waals surface area contributed by atoms with Crippen molar-refractivity contribution in [1.82, 2.24) is 0 Å². The molecule has 37 heavy (non-hydrogen) atoms. The first-order chi connectivity index (χ1) is 17.6. The number of benzene rings is 5. The van der Waals surface area contributed by atoms with Crippen LogP contribution >= 0.6 is 0 Å². The van der Waals surface area contributed by atoms with Crippen LogP contribution in [-0.4, -0.2) is 13.0 Å². The van der Waals surface area contributed by atoms with Crippen molar-refractivity contribution < 1.29 is 26.1 Å². The number of halogens is 3. The molecule has 0 bridgehead atoms. The van der Waals surface area contributed by atoms with Gasteiger partial charge in [-0.15, -0.1) is 0 Å². The van der Waals surface area contributed by atoms with Gasteiger partial charge in [-0.1, -0.05) is 66.7 Å². The molecule has 0 aliphatic carbocycles. The summed E-state index contributed by atoms with van der Waals surface area (Å²) in [5.41, 5.74) is -0.995. The zero-order valence-electron chi connectivity index (χ0n) is 19.3. The van der Waals surface area contributed by atoms with Gasteiger partial charge in [0, 0.05) is 5.39 Å². The maximum atomic E-state index is 12.0. The summed E-state index contributed by atoms with van der Waals surface area (Å²) < 4.78 is 67.0. The van der Waals surface area contributed by atoms with Crippen LogP contribution in [0, 0.1) is 0 Å². The Morgan fingerprint density at radius 3 is 1.59 bits per heavy atom. The molecule has 0 aliphatic heterocycles. The topological polar surface area (TPSA) is 57.2 Å². The number of fused-ring (bicyclic) bond motifs is 1. The highest BCUT2D eigenvalue weighted by Crippen LogP contribution is 2.35. The zero-order chi connectivity index (χ0) is 26.5. The summed E-state index contributed by atoms with van der Waals surface area (Å²) in [7, 11) is -4.77. The molecule has 0 spiro atoms. The Hall–Kier alpha value is -3.59. The summed E-state index contributed by atoms with van der Waals surface area (Å²) >= 11 is 0. The van der Waals surface area contributed by atoms with Crippen LogP contribution in [0.4, 0.5) is 13.2 Å². The van der Waals surface area contributed by atoms with E-state index in [0.717, 1.165) is 0 Å². The minimum absolute atomic E-state index is 0.0892. The summed E-state index contributed by atoms with van der Waals surface area (Å²) in [6, 6.07) is 39.3.